The van der Waals surface area contributed by atoms with Crippen LogP contribution in [0.15, 0.2) is 0 Å². The summed E-state index contributed by atoms with van der Waals surface area (Å²) in [6.07, 6.45) is 2.61. The zero-order chi connectivity index (χ0) is 17.2. The van der Waals surface area contributed by atoms with E-state index in [1.807, 2.05) is 6.92 Å². The van der Waals surface area contributed by atoms with Crippen LogP contribution in [0.5, 0.6) is 0 Å². The summed E-state index contributed by atoms with van der Waals surface area (Å²) in [4.78, 5) is 36.7. The normalized spacial score (nSPS) is 16.1. The molecule has 1 fully saturated rings. The van der Waals surface area contributed by atoms with Crippen molar-refractivity contribution in [2.45, 2.75) is 46.0 Å². The molecule has 2 N–H and O–H groups in total. The average Bonchev–Trinajstić information content (AvgIpc) is 3.05. The van der Waals surface area contributed by atoms with E-state index in [1.165, 1.54) is 18.4 Å². The number of nitrogens with one attached hydrogen (secondary N) is 1. The summed E-state index contributed by atoms with van der Waals surface area (Å²) in [5.74, 6) is -1.80. The van der Waals surface area contributed by atoms with E-state index in [1.54, 1.807) is 6.92 Å². The highest BCUT2D eigenvalue weighted by Crippen LogP contribution is 2.42. The van der Waals surface area contributed by atoms with Gasteiger partial charge in [0.1, 0.15) is 5.00 Å². The van der Waals surface area contributed by atoms with Crippen LogP contribution in [0.2, 0.25) is 0 Å². The fraction of sp³-hybridized carbons (Fsp3) is 0.562. The maximum Gasteiger partial charge on any atom is 0.341 e. The summed E-state index contributed by atoms with van der Waals surface area (Å²) < 4.78 is 4.77. The van der Waals surface area contributed by atoms with Gasteiger partial charge in [-0.15, -0.1) is 11.3 Å². The Morgan fingerprint density at radius 2 is 1.87 bits per heavy atom. The van der Waals surface area contributed by atoms with Crippen molar-refractivity contribution in [3.63, 3.8) is 0 Å². The van der Waals surface area contributed by atoms with Crippen LogP contribution in [0, 0.1) is 19.3 Å². The second-order valence-electron chi connectivity index (χ2n) is 6.00. The van der Waals surface area contributed by atoms with Crippen molar-refractivity contribution in [1.82, 2.24) is 0 Å². The van der Waals surface area contributed by atoms with Gasteiger partial charge in [0.25, 0.3) is 0 Å². The number of carboxylic acid groups (broad SMARTS) is 1. The molecule has 7 heteroatoms. The Labute approximate surface area is 138 Å². The molecule has 0 saturated heterocycles. The van der Waals surface area contributed by atoms with E-state index < -0.39 is 17.4 Å². The standard InChI is InChI=1S/C16H21NO5S/c1-9-10(2)23-13(12(9)14(19)22-3)17-11(18)8-16(15(20)21)6-4-5-7-16/h4-8H2,1-3H3,(H,17,18)(H,20,21). The fourth-order valence-corrected chi connectivity index (χ4v) is 4.12. The van der Waals surface area contributed by atoms with Gasteiger partial charge in [-0.05, 0) is 32.3 Å². The highest BCUT2D eigenvalue weighted by atomic mass is 32.1. The number of ether oxygens (including phenoxy) is 1. The summed E-state index contributed by atoms with van der Waals surface area (Å²) in [5, 5.41) is 12.6. The van der Waals surface area contributed by atoms with Crippen LogP contribution in [-0.4, -0.2) is 30.1 Å². The van der Waals surface area contributed by atoms with Crippen LogP contribution in [0.4, 0.5) is 5.00 Å². The first-order chi connectivity index (χ1) is 10.8. The van der Waals surface area contributed by atoms with Crippen molar-refractivity contribution >= 4 is 34.2 Å². The predicted octanol–water partition coefficient (Wildman–Crippen LogP) is 3.13. The van der Waals surface area contributed by atoms with E-state index in [-0.39, 0.29) is 12.3 Å². The molecule has 0 unspecified atom stereocenters. The molecule has 1 aliphatic carbocycles. The van der Waals surface area contributed by atoms with Crippen LogP contribution < -0.4 is 5.32 Å². The Hall–Kier alpha value is -1.89. The van der Waals surface area contributed by atoms with Gasteiger partial charge >= 0.3 is 11.9 Å². The minimum atomic E-state index is -0.975. The van der Waals surface area contributed by atoms with Gasteiger partial charge in [-0.3, -0.25) is 9.59 Å². The number of hydrogen-bond acceptors (Lipinski definition) is 5. The number of amides is 1. The molecule has 0 aliphatic heterocycles. The predicted molar refractivity (Wildman–Crippen MR) is 86.9 cm³/mol. The average molecular weight is 339 g/mol. The molecule has 2 rings (SSSR count). The second kappa shape index (κ2) is 6.70. The van der Waals surface area contributed by atoms with Crippen molar-refractivity contribution in [3.05, 3.63) is 16.0 Å². The minimum Gasteiger partial charge on any atom is -0.481 e. The van der Waals surface area contributed by atoms with Crippen LogP contribution in [0.3, 0.4) is 0 Å². The molecule has 0 bridgehead atoms. The molecule has 23 heavy (non-hydrogen) atoms. The lowest BCUT2D eigenvalue weighted by atomic mass is 9.82. The van der Waals surface area contributed by atoms with E-state index in [4.69, 9.17) is 4.74 Å². The number of carboxylic acids is 1. The lowest BCUT2D eigenvalue weighted by molar-refractivity contribution is -0.150. The molecule has 1 aliphatic rings. The largest absolute Gasteiger partial charge is 0.481 e. The molecule has 1 saturated carbocycles. The summed E-state index contributed by atoms with van der Waals surface area (Å²) in [6.45, 7) is 3.65. The maximum absolute atomic E-state index is 12.3. The third-order valence-corrected chi connectivity index (χ3v) is 5.66. The smallest absolute Gasteiger partial charge is 0.341 e. The van der Waals surface area contributed by atoms with Gasteiger partial charge in [-0.25, -0.2) is 4.79 Å². The number of esters is 1. The van der Waals surface area contributed by atoms with Crippen molar-refractivity contribution in [1.29, 1.82) is 0 Å². The van der Waals surface area contributed by atoms with Gasteiger partial charge in [0, 0.05) is 11.3 Å². The molecule has 0 radical (unpaired) electrons. The molecule has 0 spiro atoms. The third-order valence-electron chi connectivity index (χ3n) is 4.54. The monoisotopic (exact) mass is 339 g/mol. The third kappa shape index (κ3) is 3.39. The number of carbonyl (C=O) groups is 3. The zero-order valence-electron chi connectivity index (χ0n) is 13.5. The van der Waals surface area contributed by atoms with Crippen LogP contribution in [0.1, 0.15) is 52.9 Å². The Bertz CT molecular complexity index is 643. The van der Waals surface area contributed by atoms with E-state index >= 15 is 0 Å². The first-order valence-electron chi connectivity index (χ1n) is 7.52. The number of anilines is 1. The van der Waals surface area contributed by atoms with Crippen LogP contribution in [-0.2, 0) is 14.3 Å². The van der Waals surface area contributed by atoms with Crippen LogP contribution in [0.25, 0.3) is 0 Å². The van der Waals surface area contributed by atoms with Gasteiger partial charge in [0.2, 0.25) is 5.91 Å². The Kier molecular flexibility index (Phi) is 5.09. The van der Waals surface area contributed by atoms with E-state index in [0.29, 0.717) is 23.4 Å². The number of hydrogen-bond donors (Lipinski definition) is 2. The molecule has 126 valence electrons. The number of carbonyl (C=O) groups excluding carboxylic acids is 2. The van der Waals surface area contributed by atoms with Gasteiger partial charge in [-0.1, -0.05) is 12.8 Å². The zero-order valence-corrected chi connectivity index (χ0v) is 14.3. The Morgan fingerprint density at radius 3 is 2.39 bits per heavy atom. The lowest BCUT2D eigenvalue weighted by Gasteiger charge is -2.22. The number of methoxy groups -OCH3 is 1. The Morgan fingerprint density at radius 1 is 1.26 bits per heavy atom. The van der Waals surface area contributed by atoms with Gasteiger partial charge in [0.05, 0.1) is 18.1 Å². The summed E-state index contributed by atoms with van der Waals surface area (Å²) in [6, 6.07) is 0. The molecule has 1 aromatic rings. The summed E-state index contributed by atoms with van der Waals surface area (Å²) in [5.41, 5.74) is 0.141. The maximum atomic E-state index is 12.3. The van der Waals surface area contributed by atoms with Crippen molar-refractivity contribution in [3.8, 4) is 0 Å². The minimum absolute atomic E-state index is 0.0705. The first-order valence-corrected chi connectivity index (χ1v) is 8.34. The van der Waals surface area contributed by atoms with Gasteiger partial charge in [-0.2, -0.15) is 0 Å². The summed E-state index contributed by atoms with van der Waals surface area (Å²) >= 11 is 1.30. The molecule has 6 nitrogen and oxygen atoms in total. The van der Waals surface area contributed by atoms with Gasteiger partial charge in [0.15, 0.2) is 0 Å². The molecule has 1 amide bonds. The first kappa shape index (κ1) is 17.5. The molecular formula is C16H21NO5S. The number of thiophene rings is 1. The van der Waals surface area contributed by atoms with Crippen molar-refractivity contribution < 1.29 is 24.2 Å². The fourth-order valence-electron chi connectivity index (χ4n) is 3.06. The highest BCUT2D eigenvalue weighted by molar-refractivity contribution is 7.16. The highest BCUT2D eigenvalue weighted by Gasteiger charge is 2.43. The molecule has 0 aromatic carbocycles. The molecular weight excluding hydrogens is 318 g/mol. The molecule has 1 heterocycles. The van der Waals surface area contributed by atoms with Gasteiger partial charge < -0.3 is 15.2 Å². The SMILES string of the molecule is COC(=O)c1c(NC(=O)CC2(C(=O)O)CCCC2)sc(C)c1C. The summed E-state index contributed by atoms with van der Waals surface area (Å²) in [7, 11) is 1.29. The Balaban J connectivity index is 2.19. The lowest BCUT2D eigenvalue weighted by Crippen LogP contribution is -2.32. The van der Waals surface area contributed by atoms with E-state index in [9.17, 15) is 19.5 Å². The quantitative estimate of drug-likeness (QED) is 0.804. The second-order valence-corrected chi connectivity index (χ2v) is 7.22. The van der Waals surface area contributed by atoms with E-state index in [0.717, 1.165) is 23.3 Å². The van der Waals surface area contributed by atoms with E-state index in [2.05, 4.69) is 5.32 Å². The molecule has 1 aromatic heterocycles. The number of rotatable bonds is 5. The molecule has 0 atom stereocenters. The number of aryl methyl sites for hydroxylation is 1. The van der Waals surface area contributed by atoms with Crippen molar-refractivity contribution in [2.75, 3.05) is 12.4 Å². The van der Waals surface area contributed by atoms with Crippen molar-refractivity contribution in [2.24, 2.45) is 5.41 Å². The topological polar surface area (TPSA) is 92.7 Å². The van der Waals surface area contributed by atoms with Crippen LogP contribution >= 0.6 is 11.3 Å². The number of aliphatic carboxylic acids is 1.